The van der Waals surface area contributed by atoms with Crippen molar-refractivity contribution >= 4 is 50.1 Å². The number of hydrogen-bond acceptors (Lipinski definition) is 5. The van der Waals surface area contributed by atoms with Crippen molar-refractivity contribution in [3.63, 3.8) is 0 Å². The highest BCUT2D eigenvalue weighted by molar-refractivity contribution is 7.85. The van der Waals surface area contributed by atoms with Gasteiger partial charge in [0.1, 0.15) is 11.4 Å². The van der Waals surface area contributed by atoms with E-state index in [1.807, 2.05) is 52.7 Å². The number of anilines is 1. The van der Waals surface area contributed by atoms with E-state index in [0.717, 1.165) is 41.6 Å². The van der Waals surface area contributed by atoms with Crippen molar-refractivity contribution in [1.29, 1.82) is 0 Å². The molecule has 0 spiro atoms. The molecule has 2 unspecified atom stereocenters. The minimum Gasteiger partial charge on any atom is -0.438 e. The Morgan fingerprint density at radius 3 is 2.77 bits per heavy atom. The van der Waals surface area contributed by atoms with Crippen molar-refractivity contribution in [2.24, 2.45) is 11.3 Å². The first kappa shape index (κ1) is 31.6. The molecule has 2 heterocycles. The minimum atomic E-state index is -4.05. The number of nitrogens with zero attached hydrogens (tertiary/aromatic N) is 2. The third-order valence-electron chi connectivity index (χ3n) is 9.30. The smallest absolute Gasteiger partial charge is 0.264 e. The summed E-state index contributed by atoms with van der Waals surface area (Å²) in [6, 6.07) is 12.2. The molecule has 0 amide bonds. The molecule has 0 fully saturated rings. The average molecular weight is 666 g/mol. The zero-order valence-corrected chi connectivity index (χ0v) is 28.7. The summed E-state index contributed by atoms with van der Waals surface area (Å²) in [4.78, 5) is 3.36. The van der Waals surface area contributed by atoms with Gasteiger partial charge in [0.25, 0.3) is 15.1 Å². The Morgan fingerprint density at radius 1 is 1.11 bits per heavy atom. The second kappa shape index (κ2) is 12.6. The maximum atomic E-state index is 11.5. The summed E-state index contributed by atoms with van der Waals surface area (Å²) in [7, 11) is -4.05. The van der Waals surface area contributed by atoms with Crippen LogP contribution in [0.5, 0.6) is 5.75 Å². The first-order valence-electron chi connectivity index (χ1n) is 16.4. The molecule has 7 rings (SSSR count). The van der Waals surface area contributed by atoms with Crippen molar-refractivity contribution in [3.8, 4) is 5.75 Å². The first-order valence-corrected chi connectivity index (χ1v) is 18.8. The van der Waals surface area contributed by atoms with Crippen LogP contribution in [0.1, 0.15) is 61.5 Å². The lowest BCUT2D eigenvalue weighted by Crippen LogP contribution is -2.40. The topological polar surface area (TPSA) is 70.7 Å². The van der Waals surface area contributed by atoms with Crippen molar-refractivity contribution in [2.45, 2.75) is 52.5 Å². The molecule has 8 heteroatoms. The molecule has 3 aliphatic carbocycles. The molecular weight excluding hydrogens is 625 g/mol. The molecule has 2 aromatic carbocycles. The molecular formula is C39H41N2O4S2+. The Bertz CT molecular complexity index is 2060. The lowest BCUT2D eigenvalue weighted by atomic mass is 9.75. The Kier molecular flexibility index (Phi) is 8.45. The van der Waals surface area contributed by atoms with Gasteiger partial charge < -0.3 is 9.64 Å². The fourth-order valence-corrected chi connectivity index (χ4v) is 9.12. The van der Waals surface area contributed by atoms with E-state index < -0.39 is 10.1 Å². The summed E-state index contributed by atoms with van der Waals surface area (Å²) in [5, 5.41) is 3.38. The molecule has 1 N–H and O–H groups in total. The standard InChI is InChI=1S/C39H40N2O4S2/c1-4-40-36(46-34-20-18-29-12-5-7-14-31(29)37(34)40)24-28-23-27(25-39(2,3)26-28)11-9-16-35-41(21-10-22-47(42,43)44)33-19-17-30-13-6-8-15-32(30)38(33)45-35/h5-9,11-20,23-24,29,31H,4,10,21-22,25-26H2,1-3H3/p+1. The van der Waals surface area contributed by atoms with Crippen molar-refractivity contribution in [1.82, 2.24) is 0 Å². The van der Waals surface area contributed by atoms with Gasteiger partial charge in [-0.2, -0.15) is 13.0 Å². The van der Waals surface area contributed by atoms with Gasteiger partial charge in [0.2, 0.25) is 11.6 Å². The molecule has 0 saturated carbocycles. The van der Waals surface area contributed by atoms with Crippen LogP contribution in [0.3, 0.4) is 0 Å². The number of aromatic nitrogens is 1. The number of allylic oxidation sites excluding steroid dienone is 11. The number of benzene rings is 2. The fraction of sp³-hybridized carbons (Fsp3) is 0.308. The van der Waals surface area contributed by atoms with E-state index in [9.17, 15) is 13.0 Å². The zero-order chi connectivity index (χ0) is 32.8. The summed E-state index contributed by atoms with van der Waals surface area (Å²) < 4.78 is 41.2. The van der Waals surface area contributed by atoms with Crippen LogP contribution < -0.4 is 14.2 Å². The van der Waals surface area contributed by atoms with Gasteiger partial charge in [-0.05, 0) is 66.4 Å². The van der Waals surface area contributed by atoms with E-state index in [4.69, 9.17) is 4.74 Å². The quantitative estimate of drug-likeness (QED) is 0.193. The minimum absolute atomic E-state index is 0.115. The van der Waals surface area contributed by atoms with E-state index in [1.165, 1.54) is 26.7 Å². The molecule has 1 aromatic heterocycles. The molecule has 0 bridgehead atoms. The van der Waals surface area contributed by atoms with Crippen LogP contribution in [0.2, 0.25) is 0 Å². The molecule has 0 saturated heterocycles. The van der Waals surface area contributed by atoms with Gasteiger partial charge >= 0.3 is 0 Å². The van der Waals surface area contributed by atoms with Gasteiger partial charge in [0.15, 0.2) is 5.75 Å². The van der Waals surface area contributed by atoms with Gasteiger partial charge in [-0.3, -0.25) is 4.55 Å². The highest BCUT2D eigenvalue weighted by Crippen LogP contribution is 2.45. The Balaban J connectivity index is 1.18. The molecule has 2 atom stereocenters. The van der Waals surface area contributed by atoms with Crippen LogP contribution in [0.4, 0.5) is 5.69 Å². The molecule has 0 radical (unpaired) electrons. The number of rotatable bonds is 8. The van der Waals surface area contributed by atoms with Crippen LogP contribution in [-0.2, 0) is 16.7 Å². The van der Waals surface area contributed by atoms with Crippen molar-refractivity contribution in [3.05, 3.63) is 124 Å². The predicted molar refractivity (Wildman–Crippen MR) is 193 cm³/mol. The Labute approximate surface area is 281 Å². The van der Waals surface area contributed by atoms with Crippen molar-refractivity contribution < 1.29 is 22.3 Å². The molecule has 3 aromatic rings. The second-order valence-electron chi connectivity index (χ2n) is 13.5. The largest absolute Gasteiger partial charge is 0.438 e. The molecule has 4 aliphatic rings. The summed E-state index contributed by atoms with van der Waals surface area (Å²) >= 11 is 1.88. The maximum Gasteiger partial charge on any atom is 0.264 e. The number of fused-ring (bicyclic) bond motifs is 6. The van der Waals surface area contributed by atoms with Crippen LogP contribution in [0, 0.1) is 11.3 Å². The highest BCUT2D eigenvalue weighted by atomic mass is 32.2. The van der Waals surface area contributed by atoms with Crippen LogP contribution in [0.15, 0.2) is 108 Å². The van der Waals surface area contributed by atoms with E-state index >= 15 is 0 Å². The fourth-order valence-electron chi connectivity index (χ4n) is 7.36. The van der Waals surface area contributed by atoms with Crippen LogP contribution >= 0.6 is 11.3 Å². The SMILES string of the molecule is CC[n+]1c(C=C2C=C(/C=C/C=C3/Oc4c(ccc5ccccc45)N3CCCS(=O)(=O)O)CC(C)(C)C2)sc2c1C1C=CC=CC1C=C2. The molecule has 242 valence electrons. The second-order valence-corrected chi connectivity index (χ2v) is 16.1. The third-order valence-corrected chi connectivity index (χ3v) is 11.2. The lowest BCUT2D eigenvalue weighted by molar-refractivity contribution is -0.698. The van der Waals surface area contributed by atoms with E-state index in [2.05, 4.69) is 92.2 Å². The first-order chi connectivity index (χ1) is 22.6. The maximum absolute atomic E-state index is 11.5. The monoisotopic (exact) mass is 665 g/mol. The highest BCUT2D eigenvalue weighted by Gasteiger charge is 2.36. The van der Waals surface area contributed by atoms with Crippen LogP contribution in [-0.4, -0.2) is 25.3 Å². The number of thiazole rings is 1. The predicted octanol–water partition coefficient (Wildman–Crippen LogP) is 8.77. The Hall–Kier alpha value is -3.98. The molecule has 6 nitrogen and oxygen atoms in total. The van der Waals surface area contributed by atoms with Crippen molar-refractivity contribution in [2.75, 3.05) is 17.2 Å². The van der Waals surface area contributed by atoms with Gasteiger partial charge in [-0.25, -0.2) is 0 Å². The Morgan fingerprint density at radius 2 is 1.94 bits per heavy atom. The molecule has 47 heavy (non-hydrogen) atoms. The average Bonchev–Trinajstić information content (AvgIpc) is 3.57. The van der Waals surface area contributed by atoms with Gasteiger partial charge in [-0.15, -0.1) is 0 Å². The molecule has 1 aliphatic heterocycles. The lowest BCUT2D eigenvalue weighted by Gasteiger charge is -2.30. The van der Waals surface area contributed by atoms with E-state index in [-0.39, 0.29) is 17.6 Å². The normalized spacial score (nSPS) is 23.0. The third kappa shape index (κ3) is 6.59. The number of hydrogen-bond donors (Lipinski definition) is 1. The van der Waals surface area contributed by atoms with Gasteiger partial charge in [0.05, 0.1) is 17.4 Å². The summed E-state index contributed by atoms with van der Waals surface area (Å²) in [5.74, 6) is 1.92. The summed E-state index contributed by atoms with van der Waals surface area (Å²) in [6.45, 7) is 8.24. The van der Waals surface area contributed by atoms with Crippen LogP contribution in [0.25, 0.3) is 22.9 Å². The number of ether oxygens (including phenoxy) is 1. The van der Waals surface area contributed by atoms with Gasteiger partial charge in [0, 0.05) is 23.9 Å². The zero-order valence-electron chi connectivity index (χ0n) is 27.1. The van der Waals surface area contributed by atoms with Gasteiger partial charge in [-0.1, -0.05) is 104 Å². The van der Waals surface area contributed by atoms with E-state index in [1.54, 1.807) is 0 Å². The summed E-state index contributed by atoms with van der Waals surface area (Å²) in [5.41, 5.74) is 5.02. The summed E-state index contributed by atoms with van der Waals surface area (Å²) in [6.07, 6.45) is 26.8. The van der Waals surface area contributed by atoms with E-state index in [0.29, 0.717) is 24.3 Å².